The van der Waals surface area contributed by atoms with Crippen LogP contribution in [-0.4, -0.2) is 24.6 Å². The van der Waals surface area contributed by atoms with Crippen molar-refractivity contribution in [2.45, 2.75) is 6.42 Å². The molecule has 1 spiro atoms. The van der Waals surface area contributed by atoms with Gasteiger partial charge in [0, 0.05) is 12.0 Å². The highest BCUT2D eigenvalue weighted by molar-refractivity contribution is 6.33. The molecule has 1 saturated heterocycles. The van der Waals surface area contributed by atoms with Crippen LogP contribution in [0.2, 0.25) is 0 Å². The first kappa shape index (κ1) is 11.3. The first-order chi connectivity index (χ1) is 9.82. The summed E-state index contributed by atoms with van der Waals surface area (Å²) in [5, 5.41) is 0. The highest BCUT2D eigenvalue weighted by Gasteiger charge is 2.55. The van der Waals surface area contributed by atoms with Crippen LogP contribution in [0.1, 0.15) is 12.0 Å². The van der Waals surface area contributed by atoms with Crippen LogP contribution in [0.25, 0.3) is 5.57 Å². The number of benzene rings is 1. The van der Waals surface area contributed by atoms with Gasteiger partial charge in [-0.15, -0.1) is 0 Å². The molecule has 1 fully saturated rings. The van der Waals surface area contributed by atoms with Crippen LogP contribution in [0.4, 0.5) is 0 Å². The molecule has 4 heteroatoms. The summed E-state index contributed by atoms with van der Waals surface area (Å²) in [7, 11) is 0. The number of aliphatic imine (C=N–C) groups is 2. The largest absolute Gasteiger partial charge is 0.480 e. The van der Waals surface area contributed by atoms with E-state index in [2.05, 4.69) is 9.98 Å². The normalized spacial score (nSPS) is 27.0. The van der Waals surface area contributed by atoms with Crippen molar-refractivity contribution in [1.82, 2.24) is 0 Å². The van der Waals surface area contributed by atoms with Gasteiger partial charge >= 0.3 is 0 Å². The Morgan fingerprint density at radius 3 is 2.85 bits per heavy atom. The number of ether oxygens (including phenoxy) is 1. The van der Waals surface area contributed by atoms with E-state index in [0.717, 1.165) is 11.3 Å². The predicted molar refractivity (Wildman–Crippen MR) is 76.4 cm³/mol. The summed E-state index contributed by atoms with van der Waals surface area (Å²) in [5.41, 5.74) is 1.56. The van der Waals surface area contributed by atoms with Crippen molar-refractivity contribution >= 4 is 23.6 Å². The molecule has 2 aliphatic heterocycles. The molecule has 1 atom stereocenters. The van der Waals surface area contributed by atoms with Gasteiger partial charge in [0.25, 0.3) is 0 Å². The number of ketones is 1. The van der Waals surface area contributed by atoms with Crippen molar-refractivity contribution in [3.05, 3.63) is 53.7 Å². The quantitative estimate of drug-likeness (QED) is 0.782. The molecule has 1 aromatic rings. The summed E-state index contributed by atoms with van der Waals surface area (Å²) < 4.78 is 5.54. The van der Waals surface area contributed by atoms with Gasteiger partial charge in [-0.05, 0) is 17.7 Å². The van der Waals surface area contributed by atoms with E-state index >= 15 is 0 Å². The lowest BCUT2D eigenvalue weighted by atomic mass is 9.71. The molecule has 0 radical (unpaired) electrons. The van der Waals surface area contributed by atoms with Crippen LogP contribution in [0.3, 0.4) is 0 Å². The van der Waals surface area contributed by atoms with Crippen molar-refractivity contribution in [3.63, 3.8) is 0 Å². The summed E-state index contributed by atoms with van der Waals surface area (Å²) in [4.78, 5) is 21.4. The topological polar surface area (TPSA) is 51.0 Å². The summed E-state index contributed by atoms with van der Waals surface area (Å²) in [6, 6.07) is 9.68. The third kappa shape index (κ3) is 1.33. The molecule has 3 aliphatic rings. The van der Waals surface area contributed by atoms with E-state index in [-0.39, 0.29) is 5.78 Å². The van der Waals surface area contributed by atoms with Crippen molar-refractivity contribution < 1.29 is 9.53 Å². The van der Waals surface area contributed by atoms with Crippen LogP contribution in [-0.2, 0) is 9.53 Å². The molecule has 0 amide bonds. The molecule has 0 saturated carbocycles. The predicted octanol–water partition coefficient (Wildman–Crippen LogP) is 2.38. The Balaban J connectivity index is 1.89. The number of hydrogen-bond donors (Lipinski definition) is 0. The van der Waals surface area contributed by atoms with E-state index in [0.29, 0.717) is 24.5 Å². The number of Topliss-reactive ketones (excluding diaryl/α,β-unsaturated/α-hetero) is 1. The van der Waals surface area contributed by atoms with Gasteiger partial charge in [0.2, 0.25) is 5.90 Å². The van der Waals surface area contributed by atoms with E-state index in [4.69, 9.17) is 4.74 Å². The summed E-state index contributed by atoms with van der Waals surface area (Å²) in [5.74, 6) is 0.527. The lowest BCUT2D eigenvalue weighted by molar-refractivity contribution is -0.118. The Morgan fingerprint density at radius 2 is 2.00 bits per heavy atom. The summed E-state index contributed by atoms with van der Waals surface area (Å²) >= 11 is 0. The van der Waals surface area contributed by atoms with Crippen LogP contribution >= 0.6 is 0 Å². The van der Waals surface area contributed by atoms with Gasteiger partial charge in [-0.1, -0.05) is 30.3 Å². The molecule has 2 heterocycles. The average molecular weight is 264 g/mol. The maximum absolute atomic E-state index is 13.0. The second kappa shape index (κ2) is 4.00. The van der Waals surface area contributed by atoms with Crippen LogP contribution in [0, 0.1) is 5.41 Å². The number of rotatable bonds is 1. The van der Waals surface area contributed by atoms with Gasteiger partial charge in [0.1, 0.15) is 6.34 Å². The molecule has 1 unspecified atom stereocenters. The lowest BCUT2D eigenvalue weighted by Gasteiger charge is -2.31. The zero-order chi connectivity index (χ0) is 13.6. The van der Waals surface area contributed by atoms with E-state index < -0.39 is 5.41 Å². The maximum Gasteiger partial charge on any atom is 0.210 e. The lowest BCUT2D eigenvalue weighted by Crippen LogP contribution is -2.41. The van der Waals surface area contributed by atoms with Gasteiger partial charge in [0.05, 0.1) is 12.3 Å². The van der Waals surface area contributed by atoms with Gasteiger partial charge in [0.15, 0.2) is 11.2 Å². The van der Waals surface area contributed by atoms with Crippen molar-refractivity contribution in [3.8, 4) is 0 Å². The van der Waals surface area contributed by atoms with Gasteiger partial charge in [-0.2, -0.15) is 0 Å². The maximum atomic E-state index is 13.0. The molecule has 4 nitrogen and oxygen atoms in total. The Kier molecular flexibility index (Phi) is 2.27. The Bertz CT molecular complexity index is 713. The minimum absolute atomic E-state index is 0.0364. The molecular formula is C16H12N2O2. The number of carbonyl (C=O) groups excluding carboxylic acids is 1. The molecule has 98 valence electrons. The second-order valence-electron chi connectivity index (χ2n) is 5.01. The first-order valence-corrected chi connectivity index (χ1v) is 6.59. The smallest absolute Gasteiger partial charge is 0.210 e. The third-order valence-electron chi connectivity index (χ3n) is 4.01. The number of allylic oxidation sites excluding steroid dienone is 3. The molecular weight excluding hydrogens is 252 g/mol. The van der Waals surface area contributed by atoms with Crippen molar-refractivity contribution in [1.29, 1.82) is 0 Å². The number of carbonyl (C=O) groups is 1. The minimum Gasteiger partial charge on any atom is -0.480 e. The molecule has 0 N–H and O–H groups in total. The van der Waals surface area contributed by atoms with Crippen molar-refractivity contribution in [2.75, 3.05) is 6.61 Å². The molecule has 1 aromatic carbocycles. The Labute approximate surface area is 116 Å². The third-order valence-corrected chi connectivity index (χ3v) is 4.01. The molecule has 20 heavy (non-hydrogen) atoms. The SMILES string of the molecule is O=C1C(c2ccccc2)=CC=C2N=CN=C3OCCC123. The summed E-state index contributed by atoms with van der Waals surface area (Å²) in [6.45, 7) is 0.507. The second-order valence-corrected chi connectivity index (χ2v) is 5.01. The van der Waals surface area contributed by atoms with Crippen LogP contribution < -0.4 is 0 Å². The number of nitrogens with zero attached hydrogens (tertiary/aromatic N) is 2. The van der Waals surface area contributed by atoms with Gasteiger partial charge in [-0.25, -0.2) is 9.98 Å². The fourth-order valence-electron chi connectivity index (χ4n) is 2.99. The van der Waals surface area contributed by atoms with Crippen LogP contribution in [0.5, 0.6) is 0 Å². The fraction of sp³-hybridized carbons (Fsp3) is 0.188. The van der Waals surface area contributed by atoms with Crippen molar-refractivity contribution in [2.24, 2.45) is 15.4 Å². The Morgan fingerprint density at radius 1 is 1.15 bits per heavy atom. The molecule has 4 rings (SSSR count). The number of hydrogen-bond acceptors (Lipinski definition) is 4. The monoisotopic (exact) mass is 264 g/mol. The highest BCUT2D eigenvalue weighted by Crippen LogP contribution is 2.47. The summed E-state index contributed by atoms with van der Waals surface area (Å²) in [6.07, 6.45) is 5.82. The van der Waals surface area contributed by atoms with E-state index in [9.17, 15) is 4.79 Å². The average Bonchev–Trinajstić information content (AvgIpc) is 2.93. The zero-order valence-electron chi connectivity index (χ0n) is 10.7. The van der Waals surface area contributed by atoms with Crippen LogP contribution in [0.15, 0.2) is 58.2 Å². The first-order valence-electron chi connectivity index (χ1n) is 6.59. The molecule has 1 aliphatic carbocycles. The van der Waals surface area contributed by atoms with Gasteiger partial charge in [-0.3, -0.25) is 4.79 Å². The van der Waals surface area contributed by atoms with E-state index in [1.54, 1.807) is 0 Å². The molecule has 0 bridgehead atoms. The standard InChI is InChI=1S/C16H12N2O2/c19-14-12(11-4-2-1-3-5-11)6-7-13-16(14)8-9-20-15(16)18-10-17-13/h1-7,10H,8-9H2. The fourth-order valence-corrected chi connectivity index (χ4v) is 2.99. The Hall–Kier alpha value is -2.49. The minimum atomic E-state index is -0.797. The zero-order valence-corrected chi connectivity index (χ0v) is 10.7. The highest BCUT2D eigenvalue weighted by atomic mass is 16.5. The molecule has 0 aromatic heterocycles. The van der Waals surface area contributed by atoms with E-state index in [1.165, 1.54) is 6.34 Å². The van der Waals surface area contributed by atoms with E-state index in [1.807, 2.05) is 42.5 Å². The van der Waals surface area contributed by atoms with Gasteiger partial charge < -0.3 is 4.74 Å².